The number of carbonyl (C=O) groups excluding carboxylic acids is 1. The molecule has 0 saturated heterocycles. The second-order valence-electron chi connectivity index (χ2n) is 0.410. The van der Waals surface area contributed by atoms with Crippen molar-refractivity contribution >= 4 is 27.9 Å². The molecule has 0 aliphatic carbocycles. The Hall–Kier alpha value is 0.250. The summed E-state index contributed by atoms with van der Waals surface area (Å²) in [6.45, 7) is 0. The molecule has 0 aliphatic rings. The molecule has 0 aromatic heterocycles. The lowest BCUT2D eigenvalue weighted by atomic mass is 11.6. The third-order valence-corrected chi connectivity index (χ3v) is 0.586. The van der Waals surface area contributed by atoms with Gasteiger partial charge in [-0.1, -0.05) is 0 Å². The summed E-state index contributed by atoms with van der Waals surface area (Å²) < 4.78 is 3.77. The van der Waals surface area contributed by atoms with Crippen molar-refractivity contribution in [2.75, 3.05) is 0 Å². The number of hydrogen-bond acceptors (Lipinski definition) is 3. The maximum Gasteiger partial charge on any atom is 0.331 e. The topological polar surface area (TPSA) is 26.3 Å². The van der Waals surface area contributed by atoms with Crippen molar-refractivity contribution in [1.29, 1.82) is 0 Å². The molecule has 2 nitrogen and oxygen atoms in total. The lowest BCUT2D eigenvalue weighted by Crippen LogP contribution is -1.71. The molecule has 0 spiro atoms. The first-order valence-electron chi connectivity index (χ1n) is 0.879. The van der Waals surface area contributed by atoms with Gasteiger partial charge < -0.3 is 4.18 Å². The van der Waals surface area contributed by atoms with E-state index in [2.05, 4.69) is 17.1 Å². The molecule has 4 heteroatoms. The largest absolute Gasteiger partial charge is 0.392 e. The lowest BCUT2D eigenvalue weighted by molar-refractivity contribution is 0.235. The summed E-state index contributed by atoms with van der Waals surface area (Å²) in [4.78, 5) is 9.48. The first-order valence-corrected chi connectivity index (χ1v) is 1.82. The van der Waals surface area contributed by atoms with Gasteiger partial charge in [-0.05, 0) is 9.24 Å². The van der Waals surface area contributed by atoms with Crippen molar-refractivity contribution in [3.63, 3.8) is 0 Å². The second-order valence-corrected chi connectivity index (χ2v) is 1.06. The van der Waals surface area contributed by atoms with Crippen molar-refractivity contribution in [1.82, 2.24) is 0 Å². The molecule has 0 rings (SSSR count). The molecule has 0 aromatic carbocycles. The SMILES string of the molecule is O=C(P)OS. The van der Waals surface area contributed by atoms with Crippen LogP contribution >= 0.6 is 22.1 Å². The Morgan fingerprint density at radius 3 is 2.20 bits per heavy atom. The smallest absolute Gasteiger partial charge is 0.331 e. The second kappa shape index (κ2) is 2.49. The minimum atomic E-state index is -0.465. The van der Waals surface area contributed by atoms with Crippen LogP contribution in [0.25, 0.3) is 0 Å². The maximum absolute atomic E-state index is 9.48. The predicted octanol–water partition coefficient (Wildman–Crippen LogP) is 0.843. The van der Waals surface area contributed by atoms with Crippen LogP contribution in [0.4, 0.5) is 4.79 Å². The van der Waals surface area contributed by atoms with Crippen molar-refractivity contribution in [3.05, 3.63) is 0 Å². The van der Waals surface area contributed by atoms with Gasteiger partial charge in [0.15, 0.2) is 0 Å². The van der Waals surface area contributed by atoms with Gasteiger partial charge in [-0.15, -0.1) is 0 Å². The Bertz CT molecular complexity index is 44.9. The minimum absolute atomic E-state index is 0.465. The van der Waals surface area contributed by atoms with Crippen LogP contribution in [0.2, 0.25) is 0 Å². The molecule has 0 amide bonds. The highest BCUT2D eigenvalue weighted by atomic mass is 32.1. The molecule has 0 fully saturated rings. The summed E-state index contributed by atoms with van der Waals surface area (Å²) >= 11 is 3.15. The molecule has 0 bridgehead atoms. The summed E-state index contributed by atoms with van der Waals surface area (Å²) in [7, 11) is 1.80. The van der Waals surface area contributed by atoms with Gasteiger partial charge in [0.2, 0.25) is 0 Å². The van der Waals surface area contributed by atoms with E-state index in [4.69, 9.17) is 0 Å². The molecule has 0 heterocycles. The molecule has 5 heavy (non-hydrogen) atoms. The van der Waals surface area contributed by atoms with Gasteiger partial charge in [0.05, 0.1) is 0 Å². The van der Waals surface area contributed by atoms with Crippen molar-refractivity contribution in [2.24, 2.45) is 0 Å². The molecule has 0 radical (unpaired) electrons. The van der Waals surface area contributed by atoms with Crippen LogP contribution in [0.15, 0.2) is 0 Å². The minimum Gasteiger partial charge on any atom is -0.392 e. The average molecular weight is 110 g/mol. The Kier molecular flexibility index (Phi) is 2.61. The van der Waals surface area contributed by atoms with E-state index in [0.29, 0.717) is 0 Å². The van der Waals surface area contributed by atoms with E-state index in [1.54, 1.807) is 9.24 Å². The number of thiol groups is 1. The van der Waals surface area contributed by atoms with E-state index < -0.39 is 5.71 Å². The van der Waals surface area contributed by atoms with Crippen molar-refractivity contribution < 1.29 is 8.98 Å². The highest BCUT2D eigenvalue weighted by Gasteiger charge is 1.77. The lowest BCUT2D eigenvalue weighted by Gasteiger charge is -1.77. The van der Waals surface area contributed by atoms with E-state index in [1.807, 2.05) is 0 Å². The summed E-state index contributed by atoms with van der Waals surface area (Å²) in [6, 6.07) is 0. The van der Waals surface area contributed by atoms with Gasteiger partial charge >= 0.3 is 5.71 Å². The number of rotatable bonds is 0. The Morgan fingerprint density at radius 1 is 2.00 bits per heavy atom. The summed E-state index contributed by atoms with van der Waals surface area (Å²) in [5.41, 5.74) is -0.465. The van der Waals surface area contributed by atoms with Gasteiger partial charge in [-0.2, -0.15) is 0 Å². The Labute approximate surface area is 37.7 Å². The maximum atomic E-state index is 9.48. The van der Waals surface area contributed by atoms with Crippen LogP contribution in [0.5, 0.6) is 0 Å². The van der Waals surface area contributed by atoms with Crippen LogP contribution in [-0.2, 0) is 4.18 Å². The van der Waals surface area contributed by atoms with Crippen LogP contribution in [0.1, 0.15) is 0 Å². The quantitative estimate of drug-likeness (QED) is 0.284. The Morgan fingerprint density at radius 2 is 2.20 bits per heavy atom. The number of carbonyl (C=O) groups is 1. The zero-order valence-electron chi connectivity index (χ0n) is 2.34. The fourth-order valence-corrected chi connectivity index (χ4v) is 0. The van der Waals surface area contributed by atoms with E-state index in [9.17, 15) is 4.79 Å². The molecule has 0 saturated carbocycles. The van der Waals surface area contributed by atoms with Crippen LogP contribution in [0.3, 0.4) is 0 Å². The molecule has 1 atom stereocenters. The molecule has 30 valence electrons. The fourth-order valence-electron chi connectivity index (χ4n) is 0. The molecule has 1 unspecified atom stereocenters. The van der Waals surface area contributed by atoms with E-state index in [0.717, 1.165) is 0 Å². The van der Waals surface area contributed by atoms with Gasteiger partial charge in [0, 0.05) is 12.9 Å². The van der Waals surface area contributed by atoms with Gasteiger partial charge in [-0.3, -0.25) is 0 Å². The average Bonchev–Trinajstić information content (AvgIpc) is 1.38. The highest BCUT2D eigenvalue weighted by molar-refractivity contribution is 7.76. The summed E-state index contributed by atoms with van der Waals surface area (Å²) in [5.74, 6) is 0. The van der Waals surface area contributed by atoms with Crippen molar-refractivity contribution in [3.8, 4) is 0 Å². The zero-order valence-corrected chi connectivity index (χ0v) is 4.39. The molecule has 0 aliphatic heterocycles. The van der Waals surface area contributed by atoms with Gasteiger partial charge in [0.25, 0.3) is 0 Å². The molecule has 0 aromatic rings. The Balaban J connectivity index is 2.85. The van der Waals surface area contributed by atoms with E-state index >= 15 is 0 Å². The highest BCUT2D eigenvalue weighted by Crippen LogP contribution is 1.90. The van der Waals surface area contributed by atoms with Gasteiger partial charge in [-0.25, -0.2) is 4.79 Å². The van der Waals surface area contributed by atoms with E-state index in [-0.39, 0.29) is 0 Å². The van der Waals surface area contributed by atoms with E-state index in [1.165, 1.54) is 0 Å². The third kappa shape index (κ3) is 4.25. The third-order valence-electron chi connectivity index (χ3n) is 0.0900. The zero-order chi connectivity index (χ0) is 4.28. The normalized spacial score (nSPS) is 6.80. The first kappa shape index (κ1) is 5.25. The summed E-state index contributed by atoms with van der Waals surface area (Å²) in [5, 5.41) is 0. The van der Waals surface area contributed by atoms with Crippen LogP contribution in [-0.4, -0.2) is 5.71 Å². The van der Waals surface area contributed by atoms with Crippen LogP contribution in [0, 0.1) is 0 Å². The number of hydrogen-bond donors (Lipinski definition) is 1. The van der Waals surface area contributed by atoms with Crippen LogP contribution < -0.4 is 0 Å². The van der Waals surface area contributed by atoms with Gasteiger partial charge in [0.1, 0.15) is 0 Å². The van der Waals surface area contributed by atoms with Crippen molar-refractivity contribution in [2.45, 2.75) is 0 Å². The summed E-state index contributed by atoms with van der Waals surface area (Å²) in [6.07, 6.45) is 0. The molecular formula is CH3O2PS. The first-order chi connectivity index (χ1) is 2.27. The monoisotopic (exact) mass is 110 g/mol. The molecule has 0 N–H and O–H groups in total. The molecular weight excluding hydrogens is 107 g/mol. The standard InChI is InChI=1S/CH3O2PS/c2-1(4)3-5/h5H,4H2. The predicted molar refractivity (Wildman–Crippen MR) is 25.2 cm³/mol. The fraction of sp³-hybridized carbons (Fsp3) is 0.